The van der Waals surface area contributed by atoms with Gasteiger partial charge in [-0.15, -0.1) is 0 Å². The average molecular weight is 221 g/mol. The Labute approximate surface area is 93.1 Å². The van der Waals surface area contributed by atoms with Crippen LogP contribution >= 0.6 is 0 Å². The molecule has 0 aromatic heterocycles. The van der Waals surface area contributed by atoms with Gasteiger partial charge in [-0.2, -0.15) is 0 Å². The number of hydrogen-bond acceptors (Lipinski definition) is 1. The summed E-state index contributed by atoms with van der Waals surface area (Å²) in [5.74, 6) is 5.45. The minimum absolute atomic E-state index is 0.160. The van der Waals surface area contributed by atoms with Crippen LogP contribution in [0.25, 0.3) is 0 Å². The standard InChI is InChI=1S/C12H19NOSi/c1-6-7-11(14)13-8-10-9(2)12(10)15(3,4)5/h10H,8H2,1-5H3,(H,13,14). The van der Waals surface area contributed by atoms with Crippen LogP contribution in [-0.4, -0.2) is 20.5 Å². The van der Waals surface area contributed by atoms with Gasteiger partial charge in [0.25, 0.3) is 5.91 Å². The van der Waals surface area contributed by atoms with E-state index in [9.17, 15) is 4.79 Å². The van der Waals surface area contributed by atoms with Crippen LogP contribution in [0.1, 0.15) is 13.8 Å². The largest absolute Gasteiger partial charge is 0.344 e. The van der Waals surface area contributed by atoms with Crippen LogP contribution < -0.4 is 5.32 Å². The van der Waals surface area contributed by atoms with Crippen LogP contribution in [0, 0.1) is 17.8 Å². The Morgan fingerprint density at radius 2 is 2.07 bits per heavy atom. The third kappa shape index (κ3) is 2.97. The molecule has 2 nitrogen and oxygen atoms in total. The zero-order chi connectivity index (χ0) is 11.6. The van der Waals surface area contributed by atoms with Crippen LogP contribution in [0.4, 0.5) is 0 Å². The lowest BCUT2D eigenvalue weighted by Crippen LogP contribution is -2.28. The van der Waals surface area contributed by atoms with Crippen LogP contribution in [0.5, 0.6) is 0 Å². The fraction of sp³-hybridized carbons (Fsp3) is 0.583. The van der Waals surface area contributed by atoms with Crippen LogP contribution in [0.2, 0.25) is 19.6 Å². The highest BCUT2D eigenvalue weighted by Gasteiger charge is 2.40. The zero-order valence-corrected chi connectivity index (χ0v) is 11.2. The molecule has 0 aromatic carbocycles. The summed E-state index contributed by atoms with van der Waals surface area (Å²) in [6.07, 6.45) is 0. The van der Waals surface area contributed by atoms with E-state index in [0.717, 1.165) is 6.54 Å². The Balaban J connectivity index is 2.40. The predicted octanol–water partition coefficient (Wildman–Crippen LogP) is 1.95. The minimum Gasteiger partial charge on any atom is -0.344 e. The van der Waals surface area contributed by atoms with Crippen LogP contribution in [0.15, 0.2) is 10.8 Å². The number of carbonyl (C=O) groups excluding carboxylic acids is 1. The first-order valence-corrected chi connectivity index (χ1v) is 8.79. The highest BCUT2D eigenvalue weighted by Crippen LogP contribution is 2.44. The van der Waals surface area contributed by atoms with Gasteiger partial charge in [-0.05, 0) is 19.8 Å². The van der Waals surface area contributed by atoms with Crippen molar-refractivity contribution in [3.05, 3.63) is 10.8 Å². The maximum atomic E-state index is 11.1. The van der Waals surface area contributed by atoms with E-state index >= 15 is 0 Å². The second kappa shape index (κ2) is 4.24. The summed E-state index contributed by atoms with van der Waals surface area (Å²) in [5.41, 5.74) is 1.49. The summed E-state index contributed by atoms with van der Waals surface area (Å²) in [7, 11) is -1.15. The first-order chi connectivity index (χ1) is 6.88. The van der Waals surface area contributed by atoms with Gasteiger partial charge < -0.3 is 5.32 Å². The van der Waals surface area contributed by atoms with Gasteiger partial charge in [-0.3, -0.25) is 4.79 Å². The molecule has 1 unspecified atom stereocenters. The summed E-state index contributed by atoms with van der Waals surface area (Å²) >= 11 is 0. The quantitative estimate of drug-likeness (QED) is 0.573. The summed E-state index contributed by atoms with van der Waals surface area (Å²) in [6.45, 7) is 11.6. The molecule has 15 heavy (non-hydrogen) atoms. The van der Waals surface area contributed by atoms with Gasteiger partial charge in [-0.1, -0.05) is 36.3 Å². The highest BCUT2D eigenvalue weighted by atomic mass is 28.3. The van der Waals surface area contributed by atoms with Crippen molar-refractivity contribution in [3.8, 4) is 11.8 Å². The van der Waals surface area contributed by atoms with Gasteiger partial charge in [0.2, 0.25) is 0 Å². The van der Waals surface area contributed by atoms with Crippen molar-refractivity contribution in [2.75, 3.05) is 6.54 Å². The molecule has 82 valence electrons. The van der Waals surface area contributed by atoms with Gasteiger partial charge in [0.1, 0.15) is 0 Å². The van der Waals surface area contributed by atoms with Crippen molar-refractivity contribution in [2.45, 2.75) is 33.5 Å². The molecule has 1 atom stereocenters. The summed E-state index contributed by atoms with van der Waals surface area (Å²) in [4.78, 5) is 11.1. The third-order valence-electron chi connectivity index (χ3n) is 2.73. The van der Waals surface area contributed by atoms with Crippen LogP contribution in [-0.2, 0) is 4.79 Å². The van der Waals surface area contributed by atoms with Gasteiger partial charge in [0, 0.05) is 12.5 Å². The molecule has 0 fully saturated rings. The maximum absolute atomic E-state index is 11.1. The molecule has 0 aliphatic heterocycles. The number of carbonyl (C=O) groups is 1. The lowest BCUT2D eigenvalue weighted by atomic mass is 10.3. The van der Waals surface area contributed by atoms with Crippen molar-refractivity contribution in [3.63, 3.8) is 0 Å². The molecule has 0 bridgehead atoms. The highest BCUT2D eigenvalue weighted by molar-refractivity contribution is 6.84. The van der Waals surface area contributed by atoms with E-state index in [1.807, 2.05) is 0 Å². The lowest BCUT2D eigenvalue weighted by Gasteiger charge is -2.13. The van der Waals surface area contributed by atoms with E-state index in [-0.39, 0.29) is 5.91 Å². The molecule has 0 saturated carbocycles. The molecule has 1 rings (SSSR count). The van der Waals surface area contributed by atoms with Crippen molar-refractivity contribution < 1.29 is 4.79 Å². The molecule has 3 heteroatoms. The molecule has 1 aliphatic rings. The number of hydrogen-bond donors (Lipinski definition) is 1. The molecular weight excluding hydrogens is 202 g/mol. The molecular formula is C12H19NOSi. The van der Waals surface area contributed by atoms with Crippen molar-refractivity contribution in [1.29, 1.82) is 0 Å². The van der Waals surface area contributed by atoms with E-state index < -0.39 is 8.07 Å². The third-order valence-corrected chi connectivity index (χ3v) is 5.08. The first-order valence-electron chi connectivity index (χ1n) is 5.29. The van der Waals surface area contributed by atoms with Gasteiger partial charge >= 0.3 is 0 Å². The normalized spacial score (nSPS) is 19.4. The van der Waals surface area contributed by atoms with E-state index in [1.54, 1.807) is 12.1 Å². The molecule has 1 aliphatic carbocycles. The summed E-state index contributed by atoms with van der Waals surface area (Å²) in [5, 5.41) is 4.46. The Morgan fingerprint density at radius 3 is 2.47 bits per heavy atom. The number of nitrogens with one attached hydrogen (secondary N) is 1. The van der Waals surface area contributed by atoms with E-state index in [0.29, 0.717) is 5.92 Å². The second-order valence-electron chi connectivity index (χ2n) is 4.98. The van der Waals surface area contributed by atoms with Crippen molar-refractivity contribution >= 4 is 14.0 Å². The Bertz CT molecular complexity index is 365. The summed E-state index contributed by atoms with van der Waals surface area (Å²) in [6, 6.07) is 0. The number of rotatable bonds is 3. The Hall–Kier alpha value is -1.01. The zero-order valence-electron chi connectivity index (χ0n) is 10.2. The smallest absolute Gasteiger partial charge is 0.295 e. The Kier molecular flexibility index (Phi) is 3.41. The topological polar surface area (TPSA) is 29.1 Å². The minimum atomic E-state index is -1.15. The Morgan fingerprint density at radius 1 is 1.47 bits per heavy atom. The molecule has 0 spiro atoms. The average Bonchev–Trinajstić information content (AvgIpc) is 2.73. The van der Waals surface area contributed by atoms with Gasteiger partial charge in [-0.25, -0.2) is 0 Å². The van der Waals surface area contributed by atoms with E-state index in [4.69, 9.17) is 0 Å². The lowest BCUT2D eigenvalue weighted by molar-refractivity contribution is -0.115. The van der Waals surface area contributed by atoms with Gasteiger partial charge in [0.05, 0.1) is 8.07 Å². The second-order valence-corrected chi connectivity index (χ2v) is 10.0. The SMILES string of the molecule is CC#CC(=O)NCC1C(C)=C1[Si](C)(C)C. The van der Waals surface area contributed by atoms with E-state index in [1.165, 1.54) is 5.57 Å². The first kappa shape index (κ1) is 12.1. The molecule has 0 saturated heterocycles. The predicted molar refractivity (Wildman–Crippen MR) is 66.0 cm³/mol. The van der Waals surface area contributed by atoms with Crippen molar-refractivity contribution in [1.82, 2.24) is 5.32 Å². The van der Waals surface area contributed by atoms with Crippen molar-refractivity contribution in [2.24, 2.45) is 5.92 Å². The molecule has 0 aromatic rings. The number of amides is 1. The maximum Gasteiger partial charge on any atom is 0.295 e. The fourth-order valence-electron chi connectivity index (χ4n) is 2.11. The summed E-state index contributed by atoms with van der Waals surface area (Å²) < 4.78 is 0. The molecule has 1 N–H and O–H groups in total. The molecule has 0 radical (unpaired) electrons. The van der Waals surface area contributed by atoms with E-state index in [2.05, 4.69) is 43.7 Å². The molecule has 0 heterocycles. The molecule has 1 amide bonds. The fourth-order valence-corrected chi connectivity index (χ4v) is 4.76. The monoisotopic (exact) mass is 221 g/mol. The van der Waals surface area contributed by atoms with Gasteiger partial charge in [0.15, 0.2) is 0 Å². The van der Waals surface area contributed by atoms with Crippen LogP contribution in [0.3, 0.4) is 0 Å².